The van der Waals surface area contributed by atoms with Crippen molar-refractivity contribution < 1.29 is 0 Å². The van der Waals surface area contributed by atoms with E-state index in [1.165, 1.54) is 0 Å². The van der Waals surface area contributed by atoms with E-state index in [9.17, 15) is 0 Å². The van der Waals surface area contributed by atoms with Crippen LogP contribution in [0.2, 0.25) is 0 Å². The molecule has 0 aliphatic rings. The molecule has 0 aromatic carbocycles. The zero-order valence-electron chi connectivity index (χ0n) is 5.09. The minimum Gasteiger partial charge on any atom is -0.327 e. The molecule has 0 bridgehead atoms. The Hall–Kier alpha value is -0.160. The van der Waals surface area contributed by atoms with Crippen LogP contribution in [0.4, 0.5) is 0 Å². The molecule has 0 aliphatic heterocycles. The van der Waals surface area contributed by atoms with E-state index in [4.69, 9.17) is 22.9 Å². The first-order valence-electron chi connectivity index (χ1n) is 2.54. The van der Waals surface area contributed by atoms with Crippen LogP contribution >= 0.6 is 0 Å². The van der Waals surface area contributed by atoms with E-state index in [0.717, 1.165) is 0 Å². The van der Waals surface area contributed by atoms with Crippen LogP contribution in [0.25, 0.3) is 0 Å². The average molecular weight is 118 g/mol. The molecule has 0 spiro atoms. The van der Waals surface area contributed by atoms with Gasteiger partial charge in [-0.05, 0) is 6.92 Å². The molecule has 0 radical (unpaired) electrons. The predicted molar refractivity (Wildman–Crippen MR) is 33.8 cm³/mol. The second-order valence-electron chi connectivity index (χ2n) is 2.11. The van der Waals surface area contributed by atoms with E-state index in [1.54, 1.807) is 6.92 Å². The van der Waals surface area contributed by atoms with Gasteiger partial charge in [-0.3, -0.25) is 0 Å². The lowest BCUT2D eigenvalue weighted by molar-refractivity contribution is 0.383. The molecule has 1 atom stereocenters. The fourth-order valence-electron chi connectivity index (χ4n) is 0.186. The molecule has 4 heteroatoms. The number of nitrogens with two attached hydrogens (primary N) is 4. The van der Waals surface area contributed by atoms with Crippen molar-refractivity contribution in [2.45, 2.75) is 18.6 Å². The van der Waals surface area contributed by atoms with Crippen molar-refractivity contribution in [1.82, 2.24) is 0 Å². The van der Waals surface area contributed by atoms with Crippen LogP contribution in [0, 0.1) is 0 Å². The molecule has 0 heterocycles. The first kappa shape index (κ1) is 7.84. The highest BCUT2D eigenvalue weighted by Gasteiger charge is 2.21. The monoisotopic (exact) mass is 118 g/mol. The number of hydrogen-bond acceptors (Lipinski definition) is 4. The zero-order chi connectivity index (χ0) is 6.78. The molecular weight excluding hydrogens is 104 g/mol. The fourth-order valence-corrected chi connectivity index (χ4v) is 0.186. The number of hydrogen-bond donors (Lipinski definition) is 4. The van der Waals surface area contributed by atoms with Crippen LogP contribution in [-0.2, 0) is 0 Å². The summed E-state index contributed by atoms with van der Waals surface area (Å²) >= 11 is 0. The first-order valence-corrected chi connectivity index (χ1v) is 2.54. The van der Waals surface area contributed by atoms with E-state index in [2.05, 4.69) is 0 Å². The molecule has 0 fully saturated rings. The van der Waals surface area contributed by atoms with E-state index in [1.807, 2.05) is 0 Å². The molecule has 0 aromatic heterocycles. The van der Waals surface area contributed by atoms with Crippen molar-refractivity contribution in [2.75, 3.05) is 6.54 Å². The Bertz CT molecular complexity index is 68.4. The third-order valence-electron chi connectivity index (χ3n) is 1.20. The Morgan fingerprint density at radius 1 is 1.50 bits per heavy atom. The fraction of sp³-hybridized carbons (Fsp3) is 1.00. The van der Waals surface area contributed by atoms with Crippen LogP contribution in [0.15, 0.2) is 0 Å². The van der Waals surface area contributed by atoms with Crippen molar-refractivity contribution in [1.29, 1.82) is 0 Å². The third-order valence-corrected chi connectivity index (χ3v) is 1.20. The van der Waals surface area contributed by atoms with Gasteiger partial charge in [0, 0.05) is 12.6 Å². The molecule has 4 nitrogen and oxygen atoms in total. The standard InChI is InChI=1S/C4H14N4/c1-3(6)4(7,8)2-5/h3H,2,5-8H2,1H3. The quantitative estimate of drug-likeness (QED) is 0.312. The minimum atomic E-state index is -0.903. The van der Waals surface area contributed by atoms with Gasteiger partial charge in [-0.25, -0.2) is 0 Å². The maximum absolute atomic E-state index is 5.39. The van der Waals surface area contributed by atoms with Crippen molar-refractivity contribution in [2.24, 2.45) is 22.9 Å². The Labute approximate surface area is 49.2 Å². The van der Waals surface area contributed by atoms with Crippen molar-refractivity contribution >= 4 is 0 Å². The summed E-state index contributed by atoms with van der Waals surface area (Å²) in [7, 11) is 0. The van der Waals surface area contributed by atoms with Gasteiger partial charge in [-0.2, -0.15) is 0 Å². The van der Waals surface area contributed by atoms with Gasteiger partial charge in [-0.15, -0.1) is 0 Å². The van der Waals surface area contributed by atoms with Gasteiger partial charge in [0.2, 0.25) is 0 Å². The highest BCUT2D eigenvalue weighted by atomic mass is 15.0. The maximum Gasteiger partial charge on any atom is 0.0915 e. The van der Waals surface area contributed by atoms with Gasteiger partial charge in [0.1, 0.15) is 0 Å². The van der Waals surface area contributed by atoms with Crippen molar-refractivity contribution in [3.8, 4) is 0 Å². The zero-order valence-corrected chi connectivity index (χ0v) is 5.09. The van der Waals surface area contributed by atoms with Crippen LogP contribution < -0.4 is 22.9 Å². The van der Waals surface area contributed by atoms with Gasteiger partial charge < -0.3 is 22.9 Å². The van der Waals surface area contributed by atoms with E-state index in [-0.39, 0.29) is 12.6 Å². The average Bonchev–Trinajstić information content (AvgIpc) is 1.67. The second-order valence-corrected chi connectivity index (χ2v) is 2.11. The van der Waals surface area contributed by atoms with Gasteiger partial charge in [0.25, 0.3) is 0 Å². The molecule has 0 amide bonds. The van der Waals surface area contributed by atoms with Gasteiger partial charge >= 0.3 is 0 Å². The summed E-state index contributed by atoms with van der Waals surface area (Å²) in [6.45, 7) is 1.94. The molecule has 0 rings (SSSR count). The summed E-state index contributed by atoms with van der Waals surface area (Å²) in [5, 5.41) is 0. The molecule has 0 saturated heterocycles. The van der Waals surface area contributed by atoms with Crippen LogP contribution in [-0.4, -0.2) is 18.2 Å². The lowest BCUT2D eigenvalue weighted by atomic mass is 10.1. The summed E-state index contributed by atoms with van der Waals surface area (Å²) in [4.78, 5) is 0. The summed E-state index contributed by atoms with van der Waals surface area (Å²) in [5.41, 5.74) is 20.4. The molecule has 0 saturated carbocycles. The minimum absolute atomic E-state index is 0.213. The van der Waals surface area contributed by atoms with Crippen molar-refractivity contribution in [3.05, 3.63) is 0 Å². The molecule has 0 aliphatic carbocycles. The first-order chi connectivity index (χ1) is 3.50. The van der Waals surface area contributed by atoms with Gasteiger partial charge in [0.05, 0.1) is 5.66 Å². The Kier molecular flexibility index (Phi) is 2.36. The molecule has 8 heavy (non-hydrogen) atoms. The largest absolute Gasteiger partial charge is 0.327 e. The van der Waals surface area contributed by atoms with Crippen LogP contribution in [0.1, 0.15) is 6.92 Å². The normalized spacial score (nSPS) is 16.1. The SMILES string of the molecule is CC(N)C(N)(N)CN. The summed E-state index contributed by atoms with van der Waals surface area (Å²) in [6.07, 6.45) is 0. The topological polar surface area (TPSA) is 104 Å². The second kappa shape index (κ2) is 2.41. The van der Waals surface area contributed by atoms with Crippen LogP contribution in [0.5, 0.6) is 0 Å². The molecule has 0 aromatic rings. The van der Waals surface area contributed by atoms with Gasteiger partial charge in [-0.1, -0.05) is 0 Å². The summed E-state index contributed by atoms with van der Waals surface area (Å²) in [5.74, 6) is 0. The van der Waals surface area contributed by atoms with Crippen LogP contribution in [0.3, 0.4) is 0 Å². The Morgan fingerprint density at radius 3 is 1.88 bits per heavy atom. The summed E-state index contributed by atoms with van der Waals surface area (Å²) in [6, 6.07) is -0.257. The third kappa shape index (κ3) is 1.75. The Balaban J connectivity index is 3.71. The van der Waals surface area contributed by atoms with Gasteiger partial charge in [0.15, 0.2) is 0 Å². The van der Waals surface area contributed by atoms with E-state index >= 15 is 0 Å². The lowest BCUT2D eigenvalue weighted by Gasteiger charge is -2.26. The maximum atomic E-state index is 5.39. The van der Waals surface area contributed by atoms with E-state index in [0.29, 0.717) is 0 Å². The molecule has 1 unspecified atom stereocenters. The highest BCUT2D eigenvalue weighted by Crippen LogP contribution is 1.90. The molecular formula is C4H14N4. The summed E-state index contributed by atoms with van der Waals surface area (Å²) < 4.78 is 0. The molecule has 50 valence electrons. The molecule has 8 N–H and O–H groups in total. The predicted octanol–water partition coefficient (Wildman–Crippen LogP) is -2.09. The highest BCUT2D eigenvalue weighted by molar-refractivity contribution is 4.85. The van der Waals surface area contributed by atoms with Crippen molar-refractivity contribution in [3.63, 3.8) is 0 Å². The smallest absolute Gasteiger partial charge is 0.0915 e. The lowest BCUT2D eigenvalue weighted by Crippen LogP contribution is -2.65. The Morgan fingerprint density at radius 2 is 1.88 bits per heavy atom. The number of rotatable bonds is 2. The van der Waals surface area contributed by atoms with E-state index < -0.39 is 5.66 Å².